The van der Waals surface area contributed by atoms with Crippen LogP contribution < -0.4 is 10.6 Å². The van der Waals surface area contributed by atoms with Gasteiger partial charge in [-0.2, -0.15) is 0 Å². The molecule has 0 aliphatic carbocycles. The van der Waals surface area contributed by atoms with Gasteiger partial charge in [0.2, 0.25) is 11.8 Å². The lowest BCUT2D eigenvalue weighted by Crippen LogP contribution is -2.58. The maximum atomic E-state index is 11.9. The van der Waals surface area contributed by atoms with E-state index in [0.29, 0.717) is 13.1 Å². The van der Waals surface area contributed by atoms with Gasteiger partial charge in [-0.05, 0) is 0 Å². The van der Waals surface area contributed by atoms with Crippen molar-refractivity contribution in [2.75, 3.05) is 39.3 Å². The molecule has 7 nitrogen and oxygen atoms in total. The van der Waals surface area contributed by atoms with Gasteiger partial charge in [-0.25, -0.2) is 4.79 Å². The minimum absolute atomic E-state index is 0.0332. The van der Waals surface area contributed by atoms with Crippen LogP contribution in [0.25, 0.3) is 0 Å². The molecule has 2 aliphatic heterocycles. The molecule has 0 aromatic carbocycles. The molecule has 4 amide bonds. The summed E-state index contributed by atoms with van der Waals surface area (Å²) in [5, 5.41) is 5.30. The minimum atomic E-state index is -0.417. The van der Waals surface area contributed by atoms with E-state index in [9.17, 15) is 14.4 Å². The lowest BCUT2D eigenvalue weighted by atomic mass is 10.3. The summed E-state index contributed by atoms with van der Waals surface area (Å²) in [7, 11) is 0. The molecule has 2 saturated heterocycles. The second kappa shape index (κ2) is 4.48. The number of imide groups is 1. The van der Waals surface area contributed by atoms with E-state index >= 15 is 0 Å². The van der Waals surface area contributed by atoms with Crippen molar-refractivity contribution in [3.05, 3.63) is 0 Å². The summed E-state index contributed by atoms with van der Waals surface area (Å²) in [6.07, 6.45) is 0. The van der Waals surface area contributed by atoms with Crippen molar-refractivity contribution in [1.82, 2.24) is 20.4 Å². The third kappa shape index (κ3) is 2.30. The van der Waals surface area contributed by atoms with Gasteiger partial charge in [-0.1, -0.05) is 0 Å². The Bertz CT molecular complexity index is 309. The fraction of sp³-hybridized carbons (Fsp3) is 0.667. The van der Waals surface area contributed by atoms with Crippen molar-refractivity contribution in [3.63, 3.8) is 0 Å². The molecule has 0 radical (unpaired) electrons. The van der Waals surface area contributed by atoms with Gasteiger partial charge in [0.15, 0.2) is 0 Å². The number of rotatable bonds is 0. The molecule has 0 bridgehead atoms. The van der Waals surface area contributed by atoms with E-state index in [-0.39, 0.29) is 19.1 Å². The van der Waals surface area contributed by atoms with Gasteiger partial charge in [-0.3, -0.25) is 14.9 Å². The highest BCUT2D eigenvalue weighted by atomic mass is 16.2. The smallest absolute Gasteiger partial charge is 0.321 e. The number of carbonyl (C=O) groups excluding carboxylic acids is 3. The van der Waals surface area contributed by atoms with Crippen molar-refractivity contribution in [2.24, 2.45) is 0 Å². The quantitative estimate of drug-likeness (QED) is 0.467. The number of hydrogen-bond acceptors (Lipinski definition) is 4. The van der Waals surface area contributed by atoms with E-state index in [1.165, 1.54) is 4.90 Å². The van der Waals surface area contributed by atoms with Crippen molar-refractivity contribution in [3.8, 4) is 0 Å². The highest BCUT2D eigenvalue weighted by molar-refractivity contribution is 6.02. The molecular weight excluding hydrogens is 212 g/mol. The summed E-state index contributed by atoms with van der Waals surface area (Å²) in [6, 6.07) is -0.232. The van der Waals surface area contributed by atoms with Crippen LogP contribution in [0.2, 0.25) is 0 Å². The van der Waals surface area contributed by atoms with Crippen molar-refractivity contribution >= 4 is 17.8 Å². The normalized spacial score (nSPS) is 22.0. The number of nitrogens with one attached hydrogen (secondary N) is 2. The maximum Gasteiger partial charge on any atom is 0.321 e. The van der Waals surface area contributed by atoms with Crippen LogP contribution in [-0.4, -0.2) is 66.9 Å². The molecule has 2 heterocycles. The standard InChI is InChI=1S/C9H14N4O3/c14-7-5-13(6-8(15)11-7)9(16)12-3-1-10-2-4-12/h10H,1-6H2,(H,11,14,15). The van der Waals surface area contributed by atoms with Gasteiger partial charge in [0.1, 0.15) is 13.1 Å². The Balaban J connectivity index is 1.97. The molecule has 2 N–H and O–H groups in total. The Labute approximate surface area is 92.8 Å². The Morgan fingerprint density at radius 1 is 1.00 bits per heavy atom. The Hall–Kier alpha value is -1.63. The van der Waals surface area contributed by atoms with Crippen LogP contribution >= 0.6 is 0 Å². The summed E-state index contributed by atoms with van der Waals surface area (Å²) in [4.78, 5) is 37.1. The van der Waals surface area contributed by atoms with Gasteiger partial charge in [-0.15, -0.1) is 0 Å². The topological polar surface area (TPSA) is 81.8 Å². The van der Waals surface area contributed by atoms with Crippen molar-refractivity contribution in [2.45, 2.75) is 0 Å². The zero-order chi connectivity index (χ0) is 11.5. The Morgan fingerprint density at radius 3 is 2.12 bits per heavy atom. The first-order chi connectivity index (χ1) is 7.66. The summed E-state index contributed by atoms with van der Waals surface area (Å²) in [5.74, 6) is -0.834. The zero-order valence-electron chi connectivity index (χ0n) is 8.86. The van der Waals surface area contributed by atoms with Gasteiger partial charge >= 0.3 is 6.03 Å². The summed E-state index contributed by atoms with van der Waals surface area (Å²) in [5.41, 5.74) is 0. The zero-order valence-corrected chi connectivity index (χ0v) is 8.86. The second-order valence-corrected chi connectivity index (χ2v) is 3.85. The van der Waals surface area contributed by atoms with Gasteiger partial charge < -0.3 is 15.1 Å². The largest absolute Gasteiger partial charge is 0.322 e. The highest BCUT2D eigenvalue weighted by Gasteiger charge is 2.29. The molecule has 2 fully saturated rings. The summed E-state index contributed by atoms with van der Waals surface area (Å²) in [6.45, 7) is 2.67. The molecule has 88 valence electrons. The third-order valence-electron chi connectivity index (χ3n) is 2.61. The van der Waals surface area contributed by atoms with Crippen molar-refractivity contribution in [1.29, 1.82) is 0 Å². The van der Waals surface area contributed by atoms with Crippen LogP contribution in [0.4, 0.5) is 4.79 Å². The van der Waals surface area contributed by atoms with E-state index in [1.54, 1.807) is 4.90 Å². The average Bonchev–Trinajstić information content (AvgIpc) is 2.28. The number of carbonyl (C=O) groups is 3. The van der Waals surface area contributed by atoms with E-state index in [0.717, 1.165) is 13.1 Å². The SMILES string of the molecule is O=C1CN(C(=O)N2CCNCC2)CC(=O)N1. The lowest BCUT2D eigenvalue weighted by molar-refractivity contribution is -0.135. The van der Waals surface area contributed by atoms with Crippen LogP contribution in [0.1, 0.15) is 0 Å². The minimum Gasteiger partial charge on any atom is -0.322 e. The molecule has 0 atom stereocenters. The first-order valence-electron chi connectivity index (χ1n) is 5.24. The fourth-order valence-corrected chi connectivity index (χ4v) is 1.83. The summed E-state index contributed by atoms with van der Waals surface area (Å²) >= 11 is 0. The molecule has 0 unspecified atom stereocenters. The van der Waals surface area contributed by atoms with Crippen molar-refractivity contribution < 1.29 is 14.4 Å². The van der Waals surface area contributed by atoms with E-state index in [4.69, 9.17) is 0 Å². The van der Waals surface area contributed by atoms with E-state index < -0.39 is 11.8 Å². The Morgan fingerprint density at radius 2 is 1.56 bits per heavy atom. The van der Waals surface area contributed by atoms with E-state index in [1.807, 2.05) is 0 Å². The highest BCUT2D eigenvalue weighted by Crippen LogP contribution is 2.03. The average molecular weight is 226 g/mol. The fourth-order valence-electron chi connectivity index (χ4n) is 1.83. The molecular formula is C9H14N4O3. The third-order valence-corrected chi connectivity index (χ3v) is 2.61. The van der Waals surface area contributed by atoms with Crippen LogP contribution in [-0.2, 0) is 9.59 Å². The van der Waals surface area contributed by atoms with Crippen LogP contribution in [0.5, 0.6) is 0 Å². The van der Waals surface area contributed by atoms with E-state index in [2.05, 4.69) is 10.6 Å². The number of amides is 4. The monoisotopic (exact) mass is 226 g/mol. The molecule has 0 aromatic rings. The maximum absolute atomic E-state index is 11.9. The predicted molar refractivity (Wildman–Crippen MR) is 54.6 cm³/mol. The lowest BCUT2D eigenvalue weighted by Gasteiger charge is -2.34. The first kappa shape index (κ1) is 10.9. The predicted octanol–water partition coefficient (Wildman–Crippen LogP) is -2.03. The van der Waals surface area contributed by atoms with Gasteiger partial charge in [0.25, 0.3) is 0 Å². The molecule has 2 aliphatic rings. The summed E-state index contributed by atoms with van der Waals surface area (Å²) < 4.78 is 0. The molecule has 2 rings (SSSR count). The Kier molecular flexibility index (Phi) is 3.04. The molecule has 0 aromatic heterocycles. The van der Waals surface area contributed by atoms with Crippen LogP contribution in [0.15, 0.2) is 0 Å². The number of urea groups is 1. The second-order valence-electron chi connectivity index (χ2n) is 3.85. The number of piperazine rings is 2. The number of hydrogen-bond donors (Lipinski definition) is 2. The molecule has 0 spiro atoms. The van der Waals surface area contributed by atoms with Crippen LogP contribution in [0.3, 0.4) is 0 Å². The first-order valence-corrected chi connectivity index (χ1v) is 5.24. The molecule has 0 saturated carbocycles. The number of nitrogens with zero attached hydrogens (tertiary/aromatic N) is 2. The molecule has 7 heteroatoms. The van der Waals surface area contributed by atoms with Gasteiger partial charge in [0, 0.05) is 26.2 Å². The molecule has 16 heavy (non-hydrogen) atoms. The van der Waals surface area contributed by atoms with Crippen LogP contribution in [0, 0.1) is 0 Å². The van der Waals surface area contributed by atoms with Gasteiger partial charge in [0.05, 0.1) is 0 Å².